The van der Waals surface area contributed by atoms with Crippen molar-refractivity contribution in [3.63, 3.8) is 0 Å². The molecule has 5 heteroatoms. The maximum absolute atomic E-state index is 9.05. The molecular formula is C10H12N4O. The number of aryl methyl sites for hydroxylation is 1. The normalized spacial score (nSPS) is 18.0. The van der Waals surface area contributed by atoms with E-state index in [1.54, 1.807) is 0 Å². The molecule has 0 amide bonds. The number of nitriles is 1. The van der Waals surface area contributed by atoms with Gasteiger partial charge in [-0.25, -0.2) is 0 Å². The number of nitrogens with two attached hydrogens (primary N) is 1. The summed E-state index contributed by atoms with van der Waals surface area (Å²) in [5.74, 6) is 0.607. The molecule has 78 valence electrons. The van der Waals surface area contributed by atoms with E-state index in [1.807, 2.05) is 20.8 Å². The number of aromatic amines is 1. The van der Waals surface area contributed by atoms with Crippen molar-refractivity contribution in [2.75, 3.05) is 0 Å². The number of hydrogen-bond acceptors (Lipinski definition) is 4. The van der Waals surface area contributed by atoms with Crippen molar-refractivity contribution in [3.05, 3.63) is 22.7 Å². The van der Waals surface area contributed by atoms with Crippen LogP contribution in [-0.2, 0) is 5.41 Å². The zero-order chi connectivity index (χ0) is 11.2. The molecule has 0 aromatic carbocycles. The van der Waals surface area contributed by atoms with Crippen LogP contribution in [0.25, 0.3) is 0 Å². The second-order valence-electron chi connectivity index (χ2n) is 4.11. The van der Waals surface area contributed by atoms with Gasteiger partial charge in [0.2, 0.25) is 11.8 Å². The topological polar surface area (TPSA) is 87.7 Å². The molecule has 15 heavy (non-hydrogen) atoms. The number of hydrogen-bond donors (Lipinski definition) is 2. The van der Waals surface area contributed by atoms with Gasteiger partial charge >= 0.3 is 0 Å². The lowest BCUT2D eigenvalue weighted by Gasteiger charge is -2.29. The molecule has 0 saturated heterocycles. The van der Waals surface area contributed by atoms with Crippen LogP contribution in [0.5, 0.6) is 5.88 Å². The Labute approximate surface area is 87.5 Å². The number of rotatable bonds is 0. The molecule has 0 saturated carbocycles. The second-order valence-corrected chi connectivity index (χ2v) is 4.11. The zero-order valence-corrected chi connectivity index (χ0v) is 8.88. The van der Waals surface area contributed by atoms with Crippen LogP contribution >= 0.6 is 0 Å². The molecular weight excluding hydrogens is 192 g/mol. The van der Waals surface area contributed by atoms with Crippen LogP contribution in [-0.4, -0.2) is 10.2 Å². The predicted molar refractivity (Wildman–Crippen MR) is 53.8 cm³/mol. The van der Waals surface area contributed by atoms with Gasteiger partial charge in [-0.2, -0.15) is 5.26 Å². The minimum Gasteiger partial charge on any atom is -0.420 e. The third-order valence-electron chi connectivity index (χ3n) is 2.73. The summed E-state index contributed by atoms with van der Waals surface area (Å²) >= 11 is 0. The lowest BCUT2D eigenvalue weighted by molar-refractivity contribution is 0.356. The van der Waals surface area contributed by atoms with Gasteiger partial charge in [0.1, 0.15) is 6.07 Å². The van der Waals surface area contributed by atoms with E-state index in [-0.39, 0.29) is 5.88 Å². The first-order chi connectivity index (χ1) is 6.98. The number of nitrogens with one attached hydrogen (secondary N) is 1. The monoisotopic (exact) mass is 204 g/mol. The van der Waals surface area contributed by atoms with Crippen molar-refractivity contribution in [1.82, 2.24) is 10.2 Å². The van der Waals surface area contributed by atoms with Crippen molar-refractivity contribution in [3.8, 4) is 11.9 Å². The van der Waals surface area contributed by atoms with Gasteiger partial charge in [-0.1, -0.05) is 13.8 Å². The van der Waals surface area contributed by atoms with Crippen LogP contribution in [0.15, 0.2) is 11.5 Å². The van der Waals surface area contributed by atoms with E-state index in [2.05, 4.69) is 16.3 Å². The van der Waals surface area contributed by atoms with E-state index in [0.29, 0.717) is 11.5 Å². The fourth-order valence-electron chi connectivity index (χ4n) is 2.00. The molecule has 0 aliphatic carbocycles. The third kappa shape index (κ3) is 1.11. The van der Waals surface area contributed by atoms with Gasteiger partial charge in [0.05, 0.1) is 5.57 Å². The van der Waals surface area contributed by atoms with Crippen LogP contribution < -0.4 is 10.5 Å². The smallest absolute Gasteiger partial charge is 0.244 e. The highest BCUT2D eigenvalue weighted by atomic mass is 16.5. The van der Waals surface area contributed by atoms with E-state index in [0.717, 1.165) is 11.3 Å². The van der Waals surface area contributed by atoms with Gasteiger partial charge in [-0.15, -0.1) is 5.10 Å². The highest BCUT2D eigenvalue weighted by Crippen LogP contribution is 2.42. The number of allylic oxidation sites excluding steroid dienone is 1. The quantitative estimate of drug-likeness (QED) is 0.662. The Kier molecular flexibility index (Phi) is 1.77. The largest absolute Gasteiger partial charge is 0.420 e. The standard InChI is InChI=1S/C10H12N4O/c1-5-7-9(14-13-5)15-8(12)6(4-11)10(7,2)3/h12H2,1-3H3,(H,13,14). The molecule has 1 aliphatic rings. The van der Waals surface area contributed by atoms with Crippen LogP contribution in [0, 0.1) is 18.3 Å². The summed E-state index contributed by atoms with van der Waals surface area (Å²) in [5.41, 5.74) is 7.45. The highest BCUT2D eigenvalue weighted by Gasteiger charge is 2.39. The Morgan fingerprint density at radius 2 is 2.20 bits per heavy atom. The SMILES string of the molecule is Cc1[nH]nc2c1C(C)(C)C(C#N)=C(N)O2. The van der Waals surface area contributed by atoms with E-state index in [4.69, 9.17) is 15.7 Å². The average molecular weight is 204 g/mol. The first-order valence-corrected chi connectivity index (χ1v) is 4.62. The van der Waals surface area contributed by atoms with Gasteiger partial charge in [-0.05, 0) is 6.92 Å². The van der Waals surface area contributed by atoms with Crippen molar-refractivity contribution < 1.29 is 4.74 Å². The first-order valence-electron chi connectivity index (χ1n) is 4.62. The average Bonchev–Trinajstić information content (AvgIpc) is 2.47. The molecule has 2 rings (SSSR count). The summed E-state index contributed by atoms with van der Waals surface area (Å²) in [6.07, 6.45) is 0. The summed E-state index contributed by atoms with van der Waals surface area (Å²) in [4.78, 5) is 0. The molecule has 1 aromatic rings. The molecule has 1 aromatic heterocycles. The Balaban J connectivity index is 2.70. The van der Waals surface area contributed by atoms with Crippen LogP contribution in [0.1, 0.15) is 25.1 Å². The molecule has 3 N–H and O–H groups in total. The molecule has 1 aliphatic heterocycles. The van der Waals surface area contributed by atoms with Gasteiger partial charge in [0, 0.05) is 16.7 Å². The molecule has 2 heterocycles. The van der Waals surface area contributed by atoms with Crippen molar-refractivity contribution in [1.29, 1.82) is 5.26 Å². The summed E-state index contributed by atoms with van der Waals surface area (Å²) in [5, 5.41) is 15.9. The van der Waals surface area contributed by atoms with Gasteiger partial charge < -0.3 is 10.5 Å². The van der Waals surface area contributed by atoms with E-state index in [1.165, 1.54) is 0 Å². The van der Waals surface area contributed by atoms with Crippen LogP contribution in [0.3, 0.4) is 0 Å². The number of aromatic nitrogens is 2. The minimum absolute atomic E-state index is 0.140. The molecule has 0 bridgehead atoms. The maximum atomic E-state index is 9.05. The van der Waals surface area contributed by atoms with Crippen molar-refractivity contribution in [2.45, 2.75) is 26.2 Å². The number of nitrogens with zero attached hydrogens (tertiary/aromatic N) is 2. The van der Waals surface area contributed by atoms with E-state index in [9.17, 15) is 0 Å². The Morgan fingerprint density at radius 1 is 1.53 bits per heavy atom. The second kappa shape index (κ2) is 2.76. The number of H-pyrrole nitrogens is 1. The van der Waals surface area contributed by atoms with E-state index >= 15 is 0 Å². The molecule has 0 spiro atoms. The van der Waals surface area contributed by atoms with Crippen LogP contribution in [0.4, 0.5) is 0 Å². The Hall–Kier alpha value is -1.96. The maximum Gasteiger partial charge on any atom is 0.244 e. The fourth-order valence-corrected chi connectivity index (χ4v) is 2.00. The number of ether oxygens (including phenoxy) is 1. The summed E-state index contributed by atoms with van der Waals surface area (Å²) in [6.45, 7) is 5.76. The lowest BCUT2D eigenvalue weighted by Crippen LogP contribution is -2.30. The van der Waals surface area contributed by atoms with Gasteiger partial charge in [0.15, 0.2) is 0 Å². The lowest BCUT2D eigenvalue weighted by atomic mass is 9.77. The number of fused-ring (bicyclic) bond motifs is 1. The molecule has 0 unspecified atom stereocenters. The Bertz CT molecular complexity index is 490. The zero-order valence-electron chi connectivity index (χ0n) is 8.88. The third-order valence-corrected chi connectivity index (χ3v) is 2.73. The fraction of sp³-hybridized carbons (Fsp3) is 0.400. The molecule has 0 radical (unpaired) electrons. The van der Waals surface area contributed by atoms with Crippen molar-refractivity contribution >= 4 is 0 Å². The Morgan fingerprint density at radius 3 is 2.80 bits per heavy atom. The molecule has 0 atom stereocenters. The van der Waals surface area contributed by atoms with Crippen LogP contribution in [0.2, 0.25) is 0 Å². The molecule has 5 nitrogen and oxygen atoms in total. The minimum atomic E-state index is -0.455. The highest BCUT2D eigenvalue weighted by molar-refractivity contribution is 5.52. The van der Waals surface area contributed by atoms with Crippen molar-refractivity contribution in [2.24, 2.45) is 5.73 Å². The summed E-state index contributed by atoms with van der Waals surface area (Å²) < 4.78 is 5.28. The van der Waals surface area contributed by atoms with Gasteiger partial charge in [0.25, 0.3) is 0 Å². The van der Waals surface area contributed by atoms with Gasteiger partial charge in [-0.3, -0.25) is 5.10 Å². The summed E-state index contributed by atoms with van der Waals surface area (Å²) in [6, 6.07) is 2.09. The predicted octanol–water partition coefficient (Wildman–Crippen LogP) is 1.08. The molecule has 0 fully saturated rings. The van der Waals surface area contributed by atoms with E-state index < -0.39 is 5.41 Å². The summed E-state index contributed by atoms with van der Waals surface area (Å²) in [7, 11) is 0. The first kappa shape index (κ1) is 9.59.